The summed E-state index contributed by atoms with van der Waals surface area (Å²) in [7, 11) is -0.817. The number of Topliss-reactive ketones (excluding diaryl/α,β-unsaturated/α-hetero) is 1. The number of aliphatic imine (C=N–C) groups is 1. The van der Waals surface area contributed by atoms with Gasteiger partial charge in [-0.25, -0.2) is 4.99 Å². The third-order valence-corrected chi connectivity index (χ3v) is 8.65. The maximum atomic E-state index is 12.5. The van der Waals surface area contributed by atoms with Crippen LogP contribution in [0.2, 0.25) is 0 Å². The van der Waals surface area contributed by atoms with Crippen LogP contribution in [-0.4, -0.2) is 56.1 Å². The quantitative estimate of drug-likeness (QED) is 0.0683. The van der Waals surface area contributed by atoms with Crippen LogP contribution in [0.1, 0.15) is 73.3 Å². The van der Waals surface area contributed by atoms with E-state index in [1.165, 1.54) is 39.1 Å². The van der Waals surface area contributed by atoms with Crippen molar-refractivity contribution in [2.24, 2.45) is 4.99 Å². The smallest absolute Gasteiger partial charge is 0.155 e. The molecule has 46 heavy (non-hydrogen) atoms. The number of hydrogen-bond donors (Lipinski definition) is 2. The molecule has 0 fully saturated rings. The Morgan fingerprint density at radius 1 is 1.02 bits per heavy atom. The minimum Gasteiger partial charge on any atom is -0.495 e. The van der Waals surface area contributed by atoms with E-state index >= 15 is 0 Å². The lowest BCUT2D eigenvalue weighted by atomic mass is 10.2. The highest BCUT2D eigenvalue weighted by Gasteiger charge is 2.16. The van der Waals surface area contributed by atoms with Gasteiger partial charge in [0.05, 0.1) is 23.5 Å². The summed E-state index contributed by atoms with van der Waals surface area (Å²) in [6.07, 6.45) is 4.84. The normalized spacial score (nSPS) is 11.6. The van der Waals surface area contributed by atoms with E-state index in [9.17, 15) is 9.36 Å². The zero-order chi connectivity index (χ0) is 35.4. The van der Waals surface area contributed by atoms with Crippen molar-refractivity contribution in [2.75, 3.05) is 44.2 Å². The van der Waals surface area contributed by atoms with Gasteiger partial charge in [-0.2, -0.15) is 0 Å². The van der Waals surface area contributed by atoms with Gasteiger partial charge >= 0.3 is 0 Å². The van der Waals surface area contributed by atoms with E-state index < -0.39 is 7.14 Å². The Labute approximate surface area is 284 Å². The second-order valence-electron chi connectivity index (χ2n) is 11.6. The van der Waals surface area contributed by atoms with Crippen LogP contribution in [0.4, 0.5) is 11.4 Å². The van der Waals surface area contributed by atoms with Gasteiger partial charge in [0.15, 0.2) is 5.78 Å². The summed E-state index contributed by atoms with van der Waals surface area (Å²) in [6.45, 7) is 29.8. The molecule has 256 valence electrons. The first-order chi connectivity index (χ1) is 21.5. The fourth-order valence-corrected chi connectivity index (χ4v) is 5.35. The van der Waals surface area contributed by atoms with Crippen molar-refractivity contribution in [2.45, 2.75) is 80.7 Å². The van der Waals surface area contributed by atoms with Crippen LogP contribution in [0.15, 0.2) is 83.1 Å². The minimum atomic E-state index is -2.44. The lowest BCUT2D eigenvalue weighted by Gasteiger charge is -2.24. The van der Waals surface area contributed by atoms with Crippen molar-refractivity contribution in [1.82, 2.24) is 4.90 Å². The van der Waals surface area contributed by atoms with Crippen molar-refractivity contribution < 1.29 is 14.1 Å². The van der Waals surface area contributed by atoms with Crippen LogP contribution < -0.4 is 20.7 Å². The number of ketones is 1. The molecule has 0 saturated carbocycles. The summed E-state index contributed by atoms with van der Waals surface area (Å²) in [4.78, 5) is 17.2. The molecule has 0 spiro atoms. The first-order valence-electron chi connectivity index (χ1n) is 15.9. The van der Waals surface area contributed by atoms with Crippen LogP contribution in [-0.2, 0) is 9.36 Å². The Kier molecular flexibility index (Phi) is 20.9. The van der Waals surface area contributed by atoms with Gasteiger partial charge in [0.2, 0.25) is 0 Å². The summed E-state index contributed by atoms with van der Waals surface area (Å²) in [5, 5.41) is 7.44. The third kappa shape index (κ3) is 17.0. The van der Waals surface area contributed by atoms with E-state index in [1.807, 2.05) is 63.2 Å². The van der Waals surface area contributed by atoms with Gasteiger partial charge in [0.25, 0.3) is 0 Å². The number of anilines is 2. The fraction of sp³-hybridized carbons (Fsp3) is 0.459. The lowest BCUT2D eigenvalue weighted by molar-refractivity contribution is -0.113. The molecule has 0 aliphatic heterocycles. The first kappa shape index (κ1) is 42.9. The molecule has 2 rings (SSSR count). The maximum absolute atomic E-state index is 12.5. The van der Waals surface area contributed by atoms with Gasteiger partial charge in [-0.15, -0.1) is 0 Å². The van der Waals surface area contributed by atoms with E-state index in [4.69, 9.17) is 16.3 Å². The molecule has 0 aromatic heterocycles. The number of halogens is 1. The van der Waals surface area contributed by atoms with Crippen molar-refractivity contribution in [3.05, 3.63) is 83.7 Å². The highest BCUT2D eigenvalue weighted by Crippen LogP contribution is 2.38. The van der Waals surface area contributed by atoms with Gasteiger partial charge in [-0.05, 0) is 116 Å². The number of benzene rings is 2. The molecule has 2 aromatic rings. The lowest BCUT2D eigenvalue weighted by Crippen LogP contribution is -2.32. The summed E-state index contributed by atoms with van der Waals surface area (Å²) in [6, 6.07) is 14.0. The largest absolute Gasteiger partial charge is 0.495 e. The van der Waals surface area contributed by atoms with Crippen LogP contribution in [0.5, 0.6) is 5.75 Å². The zero-order valence-corrected chi connectivity index (χ0v) is 31.7. The van der Waals surface area contributed by atoms with E-state index in [2.05, 4.69) is 61.4 Å². The second-order valence-corrected chi connectivity index (χ2v) is 15.2. The molecule has 9 heteroatoms. The Morgan fingerprint density at radius 2 is 1.61 bits per heavy atom. The van der Waals surface area contributed by atoms with Crippen molar-refractivity contribution in [1.29, 1.82) is 0 Å². The standard InChI is InChI=1S/C22H27ClN3O2P.C9H21N.C6H10O/c1-15-11-12-21(28-4)20(13-15)26-17(3)24-14-18(23)16(2)25-19-9-7-8-10-22(19)29(5,6)27;1-5-7-10(8-6-2)9(3)4;1-4-5(2)6(3)7/h7-14,25H,2H2,1,3-6H3,(H,24,26);9H,5-8H2,1-4H3;2,4H2,1,3H3/b18-14+;;. The minimum absolute atomic E-state index is 0.0995. The molecule has 2 N–H and O–H groups in total. The molecule has 0 amide bonds. The molecule has 0 heterocycles. The van der Waals surface area contributed by atoms with Gasteiger partial charge in [0.1, 0.15) is 18.7 Å². The monoisotopic (exact) mass is 672 g/mol. The number of hydrogen-bond acceptors (Lipinski definition) is 6. The summed E-state index contributed by atoms with van der Waals surface area (Å²) >= 11 is 6.35. The number of carbonyl (C=O) groups excluding carboxylic acids is 1. The van der Waals surface area contributed by atoms with E-state index in [0.29, 0.717) is 22.1 Å². The van der Waals surface area contributed by atoms with Gasteiger partial charge in [-0.1, -0.05) is 63.7 Å². The fourth-order valence-electron chi connectivity index (χ4n) is 4.10. The summed E-state index contributed by atoms with van der Waals surface area (Å²) in [5.41, 5.74) is 3.83. The number of rotatable bonds is 14. The summed E-state index contributed by atoms with van der Waals surface area (Å²) in [5.74, 6) is 1.47. The van der Waals surface area contributed by atoms with Crippen LogP contribution in [0.25, 0.3) is 0 Å². The molecule has 0 radical (unpaired) electrons. The van der Waals surface area contributed by atoms with E-state index in [1.54, 1.807) is 20.4 Å². The topological polar surface area (TPSA) is 83.0 Å². The Hall–Kier alpha value is -3.12. The van der Waals surface area contributed by atoms with Gasteiger partial charge in [0, 0.05) is 23.2 Å². The molecule has 7 nitrogen and oxygen atoms in total. The van der Waals surface area contributed by atoms with Crippen LogP contribution >= 0.6 is 18.7 Å². The highest BCUT2D eigenvalue weighted by molar-refractivity contribution is 7.70. The Morgan fingerprint density at radius 3 is 2.07 bits per heavy atom. The molecular weight excluding hydrogens is 615 g/mol. The van der Waals surface area contributed by atoms with Crippen LogP contribution in [0.3, 0.4) is 0 Å². The molecule has 0 aliphatic rings. The van der Waals surface area contributed by atoms with E-state index in [0.717, 1.165) is 40.5 Å². The molecular formula is C37H58ClN4O3P. The van der Waals surface area contributed by atoms with Gasteiger partial charge < -0.3 is 24.8 Å². The number of methoxy groups -OCH3 is 1. The molecule has 0 aliphatic carbocycles. The molecule has 0 atom stereocenters. The number of nitrogens with one attached hydrogen (secondary N) is 2. The molecule has 0 saturated heterocycles. The number of aryl methyl sites for hydroxylation is 1. The van der Waals surface area contributed by atoms with Crippen molar-refractivity contribution in [3.8, 4) is 5.75 Å². The second kappa shape index (κ2) is 22.4. The highest BCUT2D eigenvalue weighted by atomic mass is 35.5. The predicted molar refractivity (Wildman–Crippen MR) is 204 cm³/mol. The van der Waals surface area contributed by atoms with Crippen molar-refractivity contribution in [3.63, 3.8) is 0 Å². The molecule has 2 aromatic carbocycles. The SMILES string of the molecule is C=C(CC)C(C)=O.C=C(Nc1ccccc1P(C)(C)=O)/C(Cl)=C\N=C(C)Nc1cc(C)ccc1OC.CCCN(CCC)C(C)C. The Balaban J connectivity index is 0.000000976. The maximum Gasteiger partial charge on any atom is 0.155 e. The average Bonchev–Trinajstić information content (AvgIpc) is 2.99. The predicted octanol–water partition coefficient (Wildman–Crippen LogP) is 9.85. The number of amidine groups is 1. The average molecular weight is 673 g/mol. The zero-order valence-electron chi connectivity index (χ0n) is 30.1. The van der Waals surface area contributed by atoms with E-state index in [-0.39, 0.29) is 5.78 Å². The molecule has 0 unspecified atom stereocenters. The number of nitrogens with zero attached hydrogens (tertiary/aromatic N) is 2. The Bertz CT molecular complexity index is 1370. The number of para-hydroxylation sites is 1. The summed E-state index contributed by atoms with van der Waals surface area (Å²) < 4.78 is 17.9. The number of allylic oxidation sites excluding steroid dienone is 2. The van der Waals surface area contributed by atoms with Crippen molar-refractivity contribution >= 4 is 47.0 Å². The first-order valence-corrected chi connectivity index (χ1v) is 18.8. The van der Waals surface area contributed by atoms with Crippen LogP contribution in [0, 0.1) is 6.92 Å². The number of ether oxygens (including phenoxy) is 1. The number of carbonyl (C=O) groups is 1. The third-order valence-electron chi connectivity index (χ3n) is 6.78. The molecule has 0 bridgehead atoms. The van der Waals surface area contributed by atoms with Gasteiger partial charge in [-0.3, -0.25) is 4.79 Å².